The van der Waals surface area contributed by atoms with Gasteiger partial charge < -0.3 is 23.7 Å². The second-order valence-electron chi connectivity index (χ2n) is 23.6. The Hall–Kier alpha value is -4.40. The molecule has 2 aromatic carbocycles. The van der Waals surface area contributed by atoms with Crippen LogP contribution in [0.1, 0.15) is 232 Å². The summed E-state index contributed by atoms with van der Waals surface area (Å²) in [6, 6.07) is 12.1. The highest BCUT2D eigenvalue weighted by Crippen LogP contribution is 2.45. The molecule has 0 amide bonds. The number of rotatable bonds is 38. The Morgan fingerprint density at radius 2 is 0.653 bits per heavy atom. The largest absolute Gasteiger partial charge is 0.492 e. The third-order valence-electron chi connectivity index (χ3n) is 17.2. The molecule has 4 saturated carbocycles. The molecule has 75 heavy (non-hydrogen) atoms. The molecule has 4 aliphatic carbocycles. The van der Waals surface area contributed by atoms with Gasteiger partial charge in [-0.2, -0.15) is 0 Å². The van der Waals surface area contributed by atoms with E-state index in [9.17, 15) is 0 Å². The van der Waals surface area contributed by atoms with Crippen LogP contribution in [-0.4, -0.2) is 46.4 Å². The van der Waals surface area contributed by atoms with Gasteiger partial charge in [0.15, 0.2) is 23.1 Å². The molecule has 9 heteroatoms. The molecule has 412 valence electrons. The molecule has 0 N–H and O–H groups in total. The average Bonchev–Trinajstić information content (AvgIpc) is 4.40. The minimum Gasteiger partial charge on any atom is -0.492 e. The summed E-state index contributed by atoms with van der Waals surface area (Å²) >= 11 is 0. The molecule has 0 spiro atoms. The standard InChI is InChI=1S/C66H98N4O5/c1-3-5-15-23-51-35-39-55(40-36-51)49-73-59-27-21-29-61(63(59)65-67-45-57(46-68-65)71-43-19-13-9-7-11-17-25-53-31-32-53)75-62-30-22-28-60(74-50-56-41-37-52(38-42-56)24-16-6-4-2)64(62)66-69-47-58(48-70-66)72-44-20-14-10-8-12-18-26-54-33-34-54/h21-22,27-30,45-48,51-56H,3-20,23-26,31-44,49-50H2,1-2H3/t51-,52-,55-,56-. The summed E-state index contributed by atoms with van der Waals surface area (Å²) < 4.78 is 33.2. The maximum absolute atomic E-state index is 7.10. The third kappa shape index (κ3) is 20.2. The predicted octanol–water partition coefficient (Wildman–Crippen LogP) is 19.0. The number of nitrogens with zero attached hydrogens (tertiary/aromatic N) is 4. The van der Waals surface area contributed by atoms with Crippen LogP contribution < -0.4 is 23.7 Å². The number of ether oxygens (including phenoxy) is 5. The van der Waals surface area contributed by atoms with Crippen molar-refractivity contribution < 1.29 is 23.7 Å². The van der Waals surface area contributed by atoms with Crippen molar-refractivity contribution in [2.45, 2.75) is 232 Å². The lowest BCUT2D eigenvalue weighted by atomic mass is 9.80. The van der Waals surface area contributed by atoms with Crippen LogP contribution in [0.5, 0.6) is 34.5 Å². The molecule has 4 aromatic rings. The fraction of sp³-hybridized carbons (Fsp3) is 0.697. The van der Waals surface area contributed by atoms with Crippen molar-refractivity contribution in [3.05, 3.63) is 61.2 Å². The number of hydrogen-bond donors (Lipinski definition) is 0. The number of aromatic nitrogens is 4. The van der Waals surface area contributed by atoms with Crippen LogP contribution in [0.15, 0.2) is 61.2 Å². The average molecular weight is 1030 g/mol. The lowest BCUT2D eigenvalue weighted by Crippen LogP contribution is -2.20. The Labute approximate surface area is 454 Å². The zero-order chi connectivity index (χ0) is 51.5. The highest BCUT2D eigenvalue weighted by molar-refractivity contribution is 5.76. The van der Waals surface area contributed by atoms with Crippen LogP contribution in [0.25, 0.3) is 22.8 Å². The molecule has 2 heterocycles. The van der Waals surface area contributed by atoms with E-state index in [1.165, 1.54) is 205 Å². The highest BCUT2D eigenvalue weighted by atomic mass is 16.5. The number of benzene rings is 2. The van der Waals surface area contributed by atoms with Crippen molar-refractivity contribution in [2.24, 2.45) is 35.5 Å². The van der Waals surface area contributed by atoms with E-state index in [1.54, 1.807) is 24.8 Å². The molecule has 8 rings (SSSR count). The van der Waals surface area contributed by atoms with Gasteiger partial charge in [-0.1, -0.05) is 206 Å². The van der Waals surface area contributed by atoms with E-state index in [1.807, 2.05) is 36.4 Å². The quantitative estimate of drug-likeness (QED) is 0.0407. The van der Waals surface area contributed by atoms with Crippen molar-refractivity contribution >= 4 is 0 Å². The Morgan fingerprint density at radius 3 is 1.01 bits per heavy atom. The number of unbranched alkanes of at least 4 members (excludes halogenated alkanes) is 14. The van der Waals surface area contributed by atoms with Crippen molar-refractivity contribution in [1.29, 1.82) is 0 Å². The molecule has 0 unspecified atom stereocenters. The first-order chi connectivity index (χ1) is 37.1. The minimum absolute atomic E-state index is 0.510. The summed E-state index contributed by atoms with van der Waals surface area (Å²) in [5.74, 6) is 9.84. The van der Waals surface area contributed by atoms with Gasteiger partial charge in [-0.05, 0) is 98.3 Å². The molecule has 9 nitrogen and oxygen atoms in total. The molecule has 0 radical (unpaired) electrons. The first-order valence-corrected chi connectivity index (χ1v) is 31.2. The molecule has 0 atom stereocenters. The van der Waals surface area contributed by atoms with Crippen molar-refractivity contribution in [2.75, 3.05) is 26.4 Å². The van der Waals surface area contributed by atoms with Crippen LogP contribution in [0, 0.1) is 35.5 Å². The normalized spacial score (nSPS) is 19.7. The summed E-state index contributed by atoms with van der Waals surface area (Å²) in [5.41, 5.74) is 1.43. The van der Waals surface area contributed by atoms with Crippen LogP contribution in [0.3, 0.4) is 0 Å². The Balaban J connectivity index is 0.965. The fourth-order valence-electron chi connectivity index (χ4n) is 11.9. The monoisotopic (exact) mass is 1030 g/mol. The summed E-state index contributed by atoms with van der Waals surface area (Å²) in [7, 11) is 0. The van der Waals surface area contributed by atoms with Gasteiger partial charge in [0.05, 0.1) is 51.2 Å². The van der Waals surface area contributed by atoms with E-state index in [4.69, 9.17) is 43.6 Å². The molecule has 0 saturated heterocycles. The number of hydrogen-bond acceptors (Lipinski definition) is 9. The van der Waals surface area contributed by atoms with Crippen molar-refractivity contribution in [1.82, 2.24) is 19.9 Å². The summed E-state index contributed by atoms with van der Waals surface area (Å²) in [6.45, 7) is 7.22. The maximum atomic E-state index is 7.10. The lowest BCUT2D eigenvalue weighted by molar-refractivity contribution is 0.177. The minimum atomic E-state index is 0.510. The molecular weight excluding hydrogens is 929 g/mol. The van der Waals surface area contributed by atoms with E-state index in [-0.39, 0.29) is 0 Å². The van der Waals surface area contributed by atoms with E-state index in [2.05, 4.69) is 13.8 Å². The first-order valence-electron chi connectivity index (χ1n) is 31.2. The van der Waals surface area contributed by atoms with Crippen molar-refractivity contribution in [3.8, 4) is 57.3 Å². The molecule has 0 aliphatic heterocycles. The van der Waals surface area contributed by atoms with Crippen LogP contribution >= 0.6 is 0 Å². The summed E-state index contributed by atoms with van der Waals surface area (Å²) in [4.78, 5) is 19.7. The van der Waals surface area contributed by atoms with Gasteiger partial charge in [-0.15, -0.1) is 0 Å². The van der Waals surface area contributed by atoms with Gasteiger partial charge >= 0.3 is 0 Å². The van der Waals surface area contributed by atoms with E-state index < -0.39 is 0 Å². The van der Waals surface area contributed by atoms with Gasteiger partial charge in [0.2, 0.25) is 0 Å². The van der Waals surface area contributed by atoms with Gasteiger partial charge in [-0.3, -0.25) is 0 Å². The van der Waals surface area contributed by atoms with Crippen LogP contribution in [-0.2, 0) is 0 Å². The molecule has 4 aliphatic rings. The molecule has 0 bridgehead atoms. The van der Waals surface area contributed by atoms with Gasteiger partial charge in [0, 0.05) is 0 Å². The zero-order valence-corrected chi connectivity index (χ0v) is 46.9. The molecule has 4 fully saturated rings. The lowest BCUT2D eigenvalue weighted by Gasteiger charge is -2.29. The van der Waals surface area contributed by atoms with Crippen LogP contribution in [0.4, 0.5) is 0 Å². The fourth-order valence-corrected chi connectivity index (χ4v) is 11.9. The Morgan fingerprint density at radius 1 is 0.347 bits per heavy atom. The predicted molar refractivity (Wildman–Crippen MR) is 306 cm³/mol. The van der Waals surface area contributed by atoms with Crippen LogP contribution in [0.2, 0.25) is 0 Å². The third-order valence-corrected chi connectivity index (χ3v) is 17.2. The van der Waals surface area contributed by atoms with Gasteiger partial charge in [-0.25, -0.2) is 19.9 Å². The Bertz CT molecular complexity index is 2010. The van der Waals surface area contributed by atoms with E-state index >= 15 is 0 Å². The first kappa shape index (κ1) is 56.8. The second kappa shape index (κ2) is 32.4. The summed E-state index contributed by atoms with van der Waals surface area (Å²) in [6.07, 6.45) is 51.7. The summed E-state index contributed by atoms with van der Waals surface area (Å²) in [5, 5.41) is 0. The smallest absolute Gasteiger partial charge is 0.166 e. The van der Waals surface area contributed by atoms with Gasteiger partial charge in [0.25, 0.3) is 0 Å². The topological polar surface area (TPSA) is 97.7 Å². The SMILES string of the molecule is CCCCC[C@H]1CC[C@H](COc2cccc(Oc3cccc(OC[C@H]4CC[C@H](CCCCC)CC4)c3-c3ncc(OCCCCCCCCC4CC4)cn3)c2-c2ncc(OCCCCCCCCC3CC3)cn2)CC1. The second-order valence-corrected chi connectivity index (χ2v) is 23.6. The molecular formula is C66H98N4O5. The van der Waals surface area contributed by atoms with Gasteiger partial charge in [0.1, 0.15) is 34.1 Å². The Kier molecular flexibility index (Phi) is 24.5. The van der Waals surface area contributed by atoms with E-state index in [0.717, 1.165) is 47.6 Å². The van der Waals surface area contributed by atoms with E-state index in [0.29, 0.717) is 84.4 Å². The maximum Gasteiger partial charge on any atom is 0.166 e. The van der Waals surface area contributed by atoms with Crippen molar-refractivity contribution in [3.63, 3.8) is 0 Å². The molecule has 2 aromatic heterocycles. The highest BCUT2D eigenvalue weighted by Gasteiger charge is 2.27. The zero-order valence-electron chi connectivity index (χ0n) is 46.9.